The van der Waals surface area contributed by atoms with Crippen molar-refractivity contribution < 1.29 is 19.1 Å². The predicted octanol–water partition coefficient (Wildman–Crippen LogP) is 3.44. The van der Waals surface area contributed by atoms with Gasteiger partial charge in [-0.15, -0.1) is 0 Å². The molecule has 114 valence electrons. The summed E-state index contributed by atoms with van der Waals surface area (Å²) in [4.78, 5) is 23.2. The standard InChI is InChI=1S/C17H16FNO3/c1-17(2,16(21)22)12-6-8-14(9-7-12)19-15(20)11-4-3-5-13(18)10-11/h3-10H,1-2H3,(H,19,20)(H,21,22). The third kappa shape index (κ3) is 3.31. The van der Waals surface area contributed by atoms with Crippen LogP contribution in [0.5, 0.6) is 0 Å². The summed E-state index contributed by atoms with van der Waals surface area (Å²) >= 11 is 0. The monoisotopic (exact) mass is 301 g/mol. The maximum atomic E-state index is 13.1. The van der Waals surface area contributed by atoms with Gasteiger partial charge in [-0.25, -0.2) is 4.39 Å². The van der Waals surface area contributed by atoms with Gasteiger partial charge in [0, 0.05) is 11.3 Å². The Morgan fingerprint density at radius 1 is 1.09 bits per heavy atom. The van der Waals surface area contributed by atoms with Crippen LogP contribution in [-0.2, 0) is 10.2 Å². The molecule has 0 bridgehead atoms. The fourth-order valence-corrected chi connectivity index (χ4v) is 1.93. The number of nitrogens with one attached hydrogen (secondary N) is 1. The minimum absolute atomic E-state index is 0.218. The van der Waals surface area contributed by atoms with E-state index in [9.17, 15) is 19.1 Å². The molecule has 0 heterocycles. The predicted molar refractivity (Wildman–Crippen MR) is 81.5 cm³/mol. The lowest BCUT2D eigenvalue weighted by Crippen LogP contribution is -2.28. The number of hydrogen-bond donors (Lipinski definition) is 2. The van der Waals surface area contributed by atoms with Crippen LogP contribution in [0.15, 0.2) is 48.5 Å². The molecule has 0 atom stereocenters. The normalized spacial score (nSPS) is 11.0. The fourth-order valence-electron chi connectivity index (χ4n) is 1.93. The van der Waals surface area contributed by atoms with E-state index >= 15 is 0 Å². The smallest absolute Gasteiger partial charge is 0.313 e. The lowest BCUT2D eigenvalue weighted by molar-refractivity contribution is -0.142. The molecule has 0 unspecified atom stereocenters. The molecule has 0 saturated carbocycles. The van der Waals surface area contributed by atoms with Crippen LogP contribution >= 0.6 is 0 Å². The van der Waals surface area contributed by atoms with Crippen LogP contribution in [-0.4, -0.2) is 17.0 Å². The summed E-state index contributed by atoms with van der Waals surface area (Å²) in [5.74, 6) is -1.83. The molecule has 4 nitrogen and oxygen atoms in total. The summed E-state index contributed by atoms with van der Waals surface area (Å²) in [5.41, 5.74) is 0.350. The van der Waals surface area contributed by atoms with Crippen LogP contribution in [0.3, 0.4) is 0 Å². The molecule has 0 spiro atoms. The van der Waals surface area contributed by atoms with Crippen molar-refractivity contribution in [2.75, 3.05) is 5.32 Å². The van der Waals surface area contributed by atoms with Gasteiger partial charge in [0.25, 0.3) is 5.91 Å². The van der Waals surface area contributed by atoms with Crippen molar-refractivity contribution >= 4 is 17.6 Å². The first kappa shape index (κ1) is 15.7. The van der Waals surface area contributed by atoms with E-state index in [1.54, 1.807) is 38.1 Å². The molecule has 0 aliphatic heterocycles. The molecule has 0 radical (unpaired) electrons. The highest BCUT2D eigenvalue weighted by Gasteiger charge is 2.29. The molecule has 22 heavy (non-hydrogen) atoms. The minimum Gasteiger partial charge on any atom is -0.481 e. The molecule has 0 aromatic heterocycles. The molecule has 0 aliphatic carbocycles. The Morgan fingerprint density at radius 3 is 2.27 bits per heavy atom. The number of carboxylic acid groups (broad SMARTS) is 1. The summed E-state index contributed by atoms with van der Waals surface area (Å²) in [6, 6.07) is 11.9. The van der Waals surface area contributed by atoms with Gasteiger partial charge in [-0.3, -0.25) is 9.59 Å². The Hall–Kier alpha value is -2.69. The second kappa shape index (κ2) is 5.97. The summed E-state index contributed by atoms with van der Waals surface area (Å²) in [5, 5.41) is 11.8. The second-order valence-corrected chi connectivity index (χ2v) is 5.47. The Labute approximate surface area is 127 Å². The highest BCUT2D eigenvalue weighted by molar-refractivity contribution is 6.04. The van der Waals surface area contributed by atoms with E-state index in [-0.39, 0.29) is 5.56 Å². The minimum atomic E-state index is -1.01. The van der Waals surface area contributed by atoms with Crippen LogP contribution in [0, 0.1) is 5.82 Å². The maximum Gasteiger partial charge on any atom is 0.313 e. The van der Waals surface area contributed by atoms with Crippen LogP contribution in [0.25, 0.3) is 0 Å². The number of amides is 1. The van der Waals surface area contributed by atoms with Crippen molar-refractivity contribution in [2.45, 2.75) is 19.3 Å². The number of carboxylic acids is 1. The Kier molecular flexibility index (Phi) is 4.26. The van der Waals surface area contributed by atoms with E-state index in [2.05, 4.69) is 5.32 Å². The number of anilines is 1. The molecule has 0 aliphatic rings. The zero-order valence-electron chi connectivity index (χ0n) is 12.3. The number of halogens is 1. The summed E-state index contributed by atoms with van der Waals surface area (Å²) in [7, 11) is 0. The van der Waals surface area contributed by atoms with Gasteiger partial charge in [0.1, 0.15) is 5.82 Å². The summed E-state index contributed by atoms with van der Waals surface area (Å²) in [6.45, 7) is 3.21. The Balaban J connectivity index is 2.15. The Morgan fingerprint density at radius 2 is 1.73 bits per heavy atom. The van der Waals surface area contributed by atoms with E-state index in [4.69, 9.17) is 0 Å². The zero-order valence-corrected chi connectivity index (χ0v) is 12.3. The van der Waals surface area contributed by atoms with Crippen LogP contribution in [0.2, 0.25) is 0 Å². The van der Waals surface area contributed by atoms with Gasteiger partial charge in [-0.1, -0.05) is 18.2 Å². The number of benzene rings is 2. The molecule has 0 saturated heterocycles. The van der Waals surface area contributed by atoms with E-state index in [1.807, 2.05) is 0 Å². The van der Waals surface area contributed by atoms with E-state index in [0.717, 1.165) is 6.07 Å². The molecule has 2 aromatic carbocycles. The number of hydrogen-bond acceptors (Lipinski definition) is 2. The molecule has 5 heteroatoms. The quantitative estimate of drug-likeness (QED) is 0.909. The van der Waals surface area contributed by atoms with Crippen LogP contribution in [0.4, 0.5) is 10.1 Å². The number of carbonyl (C=O) groups is 2. The van der Waals surface area contributed by atoms with Gasteiger partial charge >= 0.3 is 5.97 Å². The third-order valence-electron chi connectivity index (χ3n) is 3.49. The van der Waals surface area contributed by atoms with Crippen LogP contribution < -0.4 is 5.32 Å². The zero-order chi connectivity index (χ0) is 16.3. The van der Waals surface area contributed by atoms with Gasteiger partial charge < -0.3 is 10.4 Å². The molecule has 2 rings (SSSR count). The number of aliphatic carboxylic acids is 1. The first-order chi connectivity index (χ1) is 10.3. The van der Waals surface area contributed by atoms with Gasteiger partial charge in [-0.2, -0.15) is 0 Å². The van der Waals surface area contributed by atoms with Gasteiger partial charge in [0.05, 0.1) is 5.41 Å². The van der Waals surface area contributed by atoms with Crippen molar-refractivity contribution in [1.29, 1.82) is 0 Å². The highest BCUT2D eigenvalue weighted by atomic mass is 19.1. The molecule has 1 amide bonds. The van der Waals surface area contributed by atoms with Crippen molar-refractivity contribution in [1.82, 2.24) is 0 Å². The summed E-state index contributed by atoms with van der Waals surface area (Å²) in [6.07, 6.45) is 0. The number of rotatable bonds is 4. The lowest BCUT2D eigenvalue weighted by atomic mass is 9.85. The van der Waals surface area contributed by atoms with Gasteiger partial charge in [-0.05, 0) is 49.7 Å². The second-order valence-electron chi connectivity index (χ2n) is 5.47. The lowest BCUT2D eigenvalue weighted by Gasteiger charge is -2.19. The van der Waals surface area contributed by atoms with Crippen molar-refractivity contribution in [3.05, 3.63) is 65.5 Å². The van der Waals surface area contributed by atoms with Gasteiger partial charge in [0.2, 0.25) is 0 Å². The fraction of sp³-hybridized carbons (Fsp3) is 0.176. The molecule has 2 N–H and O–H groups in total. The molecular formula is C17H16FNO3. The van der Waals surface area contributed by atoms with Crippen LogP contribution in [0.1, 0.15) is 29.8 Å². The molecular weight excluding hydrogens is 285 g/mol. The molecule has 0 fully saturated rings. The van der Waals surface area contributed by atoms with E-state index in [0.29, 0.717) is 11.3 Å². The average Bonchev–Trinajstić information content (AvgIpc) is 2.47. The average molecular weight is 301 g/mol. The first-order valence-electron chi connectivity index (χ1n) is 6.71. The van der Waals surface area contributed by atoms with E-state index < -0.39 is 23.1 Å². The highest BCUT2D eigenvalue weighted by Crippen LogP contribution is 2.25. The first-order valence-corrected chi connectivity index (χ1v) is 6.71. The van der Waals surface area contributed by atoms with Crippen molar-refractivity contribution in [2.24, 2.45) is 0 Å². The maximum absolute atomic E-state index is 13.1. The third-order valence-corrected chi connectivity index (χ3v) is 3.49. The van der Waals surface area contributed by atoms with Gasteiger partial charge in [0.15, 0.2) is 0 Å². The topological polar surface area (TPSA) is 66.4 Å². The SMILES string of the molecule is CC(C)(C(=O)O)c1ccc(NC(=O)c2cccc(F)c2)cc1. The Bertz CT molecular complexity index is 708. The largest absolute Gasteiger partial charge is 0.481 e. The van der Waals surface area contributed by atoms with Crippen molar-refractivity contribution in [3.8, 4) is 0 Å². The summed E-state index contributed by atoms with van der Waals surface area (Å²) < 4.78 is 13.1. The molecule has 2 aromatic rings. The van der Waals surface area contributed by atoms with E-state index in [1.165, 1.54) is 18.2 Å². The van der Waals surface area contributed by atoms with Crippen molar-refractivity contribution in [3.63, 3.8) is 0 Å². The number of carbonyl (C=O) groups excluding carboxylic acids is 1.